The molecule has 48 heavy (non-hydrogen) atoms. The lowest BCUT2D eigenvalue weighted by Gasteiger charge is -2.32. The van der Waals surface area contributed by atoms with Crippen LogP contribution in [0.3, 0.4) is 0 Å². The Morgan fingerprint density at radius 3 is 1.77 bits per heavy atom. The molecule has 270 valence electrons. The molecule has 8 N–H and O–H groups in total. The standard InChI is InChI=1S/C29H46N6O12S/c1-13(2)22(33-24(41)16(8-9-20(37)38)31-25(42)17(11-21(39)40)30-15(5)36)27(44)34-23(14(3)4)28(45)35-10-6-7-19(35)26(43)32-18(12-48)29(46)47/h13-14,16-19,22-23,48H,6-12H2,1-5H3,(H,30,36)(H,31,42)(H,32,43)(H,33,41)(H,34,44)(H,37,38)(H,39,40)(H,46,47)/t16-,17-,18-,19+,22-,23-/m0/s1. The summed E-state index contributed by atoms with van der Waals surface area (Å²) < 4.78 is 0. The number of thiol groups is 1. The van der Waals surface area contributed by atoms with Crippen LogP contribution in [0.5, 0.6) is 0 Å². The van der Waals surface area contributed by atoms with Gasteiger partial charge in [0.25, 0.3) is 0 Å². The van der Waals surface area contributed by atoms with Gasteiger partial charge in [-0.3, -0.25) is 38.4 Å². The zero-order valence-corrected chi connectivity index (χ0v) is 28.4. The Hall–Kier alpha value is -4.42. The highest BCUT2D eigenvalue weighted by Crippen LogP contribution is 2.21. The number of hydrogen-bond acceptors (Lipinski definition) is 10. The third-order valence-electron chi connectivity index (χ3n) is 7.47. The van der Waals surface area contributed by atoms with E-state index in [0.29, 0.717) is 6.42 Å². The van der Waals surface area contributed by atoms with Crippen molar-refractivity contribution in [2.24, 2.45) is 11.8 Å². The van der Waals surface area contributed by atoms with E-state index in [0.717, 1.165) is 6.92 Å². The summed E-state index contributed by atoms with van der Waals surface area (Å²) in [5.41, 5.74) is 0. The number of nitrogens with one attached hydrogen (secondary N) is 5. The first-order valence-electron chi connectivity index (χ1n) is 15.4. The lowest BCUT2D eigenvalue weighted by molar-refractivity contribution is -0.145. The van der Waals surface area contributed by atoms with Crippen molar-refractivity contribution in [2.75, 3.05) is 12.3 Å². The van der Waals surface area contributed by atoms with Crippen molar-refractivity contribution in [3.8, 4) is 0 Å². The minimum atomic E-state index is -1.58. The number of nitrogens with zero attached hydrogens (tertiary/aromatic N) is 1. The van der Waals surface area contributed by atoms with Gasteiger partial charge < -0.3 is 46.8 Å². The fourth-order valence-electron chi connectivity index (χ4n) is 4.92. The van der Waals surface area contributed by atoms with Gasteiger partial charge in [0.05, 0.1) is 6.42 Å². The number of carbonyl (C=O) groups excluding carboxylic acids is 6. The summed E-state index contributed by atoms with van der Waals surface area (Å²) >= 11 is 3.94. The number of carboxylic acid groups (broad SMARTS) is 3. The molecule has 1 fully saturated rings. The Kier molecular flexibility index (Phi) is 16.8. The second-order valence-electron chi connectivity index (χ2n) is 12.1. The minimum Gasteiger partial charge on any atom is -0.481 e. The smallest absolute Gasteiger partial charge is 0.327 e. The lowest BCUT2D eigenvalue weighted by atomic mass is 9.98. The molecule has 0 aromatic rings. The van der Waals surface area contributed by atoms with Crippen molar-refractivity contribution in [1.82, 2.24) is 31.5 Å². The van der Waals surface area contributed by atoms with Crippen molar-refractivity contribution < 1.29 is 58.5 Å². The molecule has 0 radical (unpaired) electrons. The monoisotopic (exact) mass is 702 g/mol. The molecule has 0 unspecified atom stereocenters. The molecule has 0 aliphatic carbocycles. The van der Waals surface area contributed by atoms with Gasteiger partial charge in [0, 0.05) is 25.6 Å². The first-order valence-corrected chi connectivity index (χ1v) is 16.0. The van der Waals surface area contributed by atoms with E-state index >= 15 is 0 Å². The lowest BCUT2D eigenvalue weighted by Crippen LogP contribution is -2.61. The topological polar surface area (TPSA) is 278 Å². The summed E-state index contributed by atoms with van der Waals surface area (Å²) in [6.45, 7) is 7.70. The van der Waals surface area contributed by atoms with Crippen LogP contribution < -0.4 is 26.6 Å². The average molecular weight is 703 g/mol. The molecular formula is C29H46N6O12S. The number of rotatable bonds is 19. The van der Waals surface area contributed by atoms with E-state index in [1.54, 1.807) is 27.7 Å². The van der Waals surface area contributed by atoms with Crippen molar-refractivity contribution in [3.05, 3.63) is 0 Å². The van der Waals surface area contributed by atoms with E-state index in [9.17, 15) is 53.4 Å². The van der Waals surface area contributed by atoms with Gasteiger partial charge in [0.1, 0.15) is 36.3 Å². The zero-order chi connectivity index (χ0) is 36.9. The maximum atomic E-state index is 13.7. The molecule has 1 heterocycles. The maximum absolute atomic E-state index is 13.7. The fraction of sp³-hybridized carbons (Fsp3) is 0.690. The first-order chi connectivity index (χ1) is 22.3. The van der Waals surface area contributed by atoms with Gasteiger partial charge in [-0.15, -0.1) is 0 Å². The number of amides is 6. The molecule has 0 spiro atoms. The summed E-state index contributed by atoms with van der Waals surface area (Å²) in [5, 5.41) is 39.4. The summed E-state index contributed by atoms with van der Waals surface area (Å²) in [7, 11) is 0. The quantitative estimate of drug-likeness (QED) is 0.0667. The summed E-state index contributed by atoms with van der Waals surface area (Å²) in [5.74, 6) is -10.1. The van der Waals surface area contributed by atoms with Crippen LogP contribution in [-0.2, 0) is 43.2 Å². The minimum absolute atomic E-state index is 0.172. The normalized spacial score (nSPS) is 17.3. The Morgan fingerprint density at radius 2 is 1.29 bits per heavy atom. The molecule has 0 bridgehead atoms. The number of carbonyl (C=O) groups is 9. The molecule has 1 aliphatic heterocycles. The van der Waals surface area contributed by atoms with Crippen molar-refractivity contribution in [3.63, 3.8) is 0 Å². The van der Waals surface area contributed by atoms with Crippen LogP contribution >= 0.6 is 12.6 Å². The van der Waals surface area contributed by atoms with Crippen molar-refractivity contribution in [2.45, 2.75) is 103 Å². The summed E-state index contributed by atoms with van der Waals surface area (Å²) in [4.78, 5) is 113. The molecule has 18 nitrogen and oxygen atoms in total. The predicted octanol–water partition coefficient (Wildman–Crippen LogP) is -1.91. The van der Waals surface area contributed by atoms with Crippen LogP contribution in [0.25, 0.3) is 0 Å². The highest BCUT2D eigenvalue weighted by molar-refractivity contribution is 7.80. The highest BCUT2D eigenvalue weighted by Gasteiger charge is 2.41. The third-order valence-corrected chi connectivity index (χ3v) is 7.83. The maximum Gasteiger partial charge on any atom is 0.327 e. The Bertz CT molecular complexity index is 1230. The van der Waals surface area contributed by atoms with Gasteiger partial charge in [0.2, 0.25) is 35.4 Å². The number of hydrogen-bond donors (Lipinski definition) is 9. The molecule has 1 rings (SSSR count). The second-order valence-corrected chi connectivity index (χ2v) is 12.4. The predicted molar refractivity (Wildman–Crippen MR) is 170 cm³/mol. The van der Waals surface area contributed by atoms with E-state index in [-0.39, 0.29) is 18.7 Å². The number of carboxylic acids is 3. The van der Waals surface area contributed by atoms with Crippen LogP contribution in [0.4, 0.5) is 0 Å². The Morgan fingerprint density at radius 1 is 0.729 bits per heavy atom. The van der Waals surface area contributed by atoms with Gasteiger partial charge in [-0.25, -0.2) is 4.79 Å². The SMILES string of the molecule is CC(=O)N[C@@H](CC(=O)O)C(=O)N[C@@H](CCC(=O)O)C(=O)N[C@H](C(=O)N[C@H](C(=O)N1CCC[C@@H]1C(=O)N[C@@H](CS)C(=O)O)C(C)C)C(C)C. The fourth-order valence-corrected chi connectivity index (χ4v) is 5.17. The largest absolute Gasteiger partial charge is 0.481 e. The third kappa shape index (κ3) is 13.0. The Labute approximate surface area is 282 Å². The van der Waals surface area contributed by atoms with Gasteiger partial charge in [-0.1, -0.05) is 27.7 Å². The van der Waals surface area contributed by atoms with E-state index in [1.165, 1.54) is 4.90 Å². The van der Waals surface area contributed by atoms with E-state index < -0.39 is 121 Å². The van der Waals surface area contributed by atoms with Gasteiger partial charge in [-0.05, 0) is 31.1 Å². The molecule has 0 aromatic carbocycles. The van der Waals surface area contributed by atoms with E-state index in [4.69, 9.17) is 5.11 Å². The van der Waals surface area contributed by atoms with Crippen LogP contribution in [0.1, 0.15) is 66.7 Å². The molecule has 6 amide bonds. The van der Waals surface area contributed by atoms with E-state index in [2.05, 4.69) is 39.2 Å². The Balaban J connectivity index is 3.19. The molecule has 1 saturated heterocycles. The van der Waals surface area contributed by atoms with Crippen LogP contribution in [0, 0.1) is 11.8 Å². The summed E-state index contributed by atoms with van der Waals surface area (Å²) in [6, 6.07) is -7.85. The average Bonchev–Trinajstić information content (AvgIpc) is 3.47. The van der Waals surface area contributed by atoms with Crippen LogP contribution in [0.15, 0.2) is 0 Å². The molecule has 0 saturated carbocycles. The molecule has 1 aliphatic rings. The first kappa shape index (κ1) is 41.6. The highest BCUT2D eigenvalue weighted by atomic mass is 32.1. The molecule has 6 atom stereocenters. The van der Waals surface area contributed by atoms with Gasteiger partial charge in [-0.2, -0.15) is 12.6 Å². The number of aliphatic carboxylic acids is 3. The van der Waals surface area contributed by atoms with Crippen LogP contribution in [-0.4, -0.2) is 122 Å². The summed E-state index contributed by atoms with van der Waals surface area (Å²) in [6.07, 6.45) is -1.14. The second kappa shape index (κ2) is 19.4. The van der Waals surface area contributed by atoms with Crippen molar-refractivity contribution in [1.29, 1.82) is 0 Å². The molecule has 19 heteroatoms. The number of likely N-dealkylation sites (tertiary alicyclic amines) is 1. The van der Waals surface area contributed by atoms with Crippen LogP contribution in [0.2, 0.25) is 0 Å². The van der Waals surface area contributed by atoms with E-state index in [1.807, 2.05) is 0 Å². The molecular weight excluding hydrogens is 656 g/mol. The zero-order valence-electron chi connectivity index (χ0n) is 27.5. The van der Waals surface area contributed by atoms with Gasteiger partial charge >= 0.3 is 17.9 Å². The molecule has 0 aromatic heterocycles. The van der Waals surface area contributed by atoms with Gasteiger partial charge in [0.15, 0.2) is 0 Å². The van der Waals surface area contributed by atoms with Crippen molar-refractivity contribution >= 4 is 66.0 Å².